The molecule has 0 bridgehead atoms. The summed E-state index contributed by atoms with van der Waals surface area (Å²) in [4.78, 5) is 1.46. The van der Waals surface area contributed by atoms with Gasteiger partial charge in [0.2, 0.25) is 0 Å². The van der Waals surface area contributed by atoms with Gasteiger partial charge in [-0.15, -0.1) is 11.3 Å². The Kier molecular flexibility index (Phi) is 3.21. The predicted molar refractivity (Wildman–Crippen MR) is 59.9 cm³/mol. The molecule has 1 aliphatic heterocycles. The molecule has 78 valence electrons. The van der Waals surface area contributed by atoms with Crippen LogP contribution in [0.5, 0.6) is 0 Å². The SMILES string of the molecule is CC1(NCCc2cccs2)CCOC1. The first kappa shape index (κ1) is 10.1. The maximum absolute atomic E-state index is 5.39. The lowest BCUT2D eigenvalue weighted by atomic mass is 10.0. The fraction of sp³-hybridized carbons (Fsp3) is 0.636. The van der Waals surface area contributed by atoms with Crippen molar-refractivity contribution in [1.29, 1.82) is 0 Å². The lowest BCUT2D eigenvalue weighted by Gasteiger charge is -2.23. The topological polar surface area (TPSA) is 21.3 Å². The van der Waals surface area contributed by atoms with Gasteiger partial charge in [-0.25, -0.2) is 0 Å². The Labute approximate surface area is 89.3 Å². The molecule has 1 aromatic heterocycles. The summed E-state index contributed by atoms with van der Waals surface area (Å²) in [6, 6.07) is 4.31. The zero-order chi connectivity index (χ0) is 9.86. The first-order chi connectivity index (χ1) is 6.79. The highest BCUT2D eigenvalue weighted by molar-refractivity contribution is 7.09. The summed E-state index contributed by atoms with van der Waals surface area (Å²) >= 11 is 1.83. The number of nitrogens with one attached hydrogen (secondary N) is 1. The molecule has 0 spiro atoms. The van der Waals surface area contributed by atoms with Gasteiger partial charge in [-0.1, -0.05) is 6.07 Å². The summed E-state index contributed by atoms with van der Waals surface area (Å²) in [7, 11) is 0. The lowest BCUT2D eigenvalue weighted by Crippen LogP contribution is -2.43. The van der Waals surface area contributed by atoms with Crippen molar-refractivity contribution in [3.05, 3.63) is 22.4 Å². The Morgan fingerprint density at radius 2 is 2.57 bits per heavy atom. The van der Waals surface area contributed by atoms with Crippen molar-refractivity contribution in [3.63, 3.8) is 0 Å². The molecule has 2 rings (SSSR count). The van der Waals surface area contributed by atoms with Crippen LogP contribution in [0.25, 0.3) is 0 Å². The summed E-state index contributed by atoms with van der Waals surface area (Å²) in [6.07, 6.45) is 2.27. The molecule has 1 N–H and O–H groups in total. The molecule has 0 radical (unpaired) electrons. The smallest absolute Gasteiger partial charge is 0.0646 e. The second-order valence-corrected chi connectivity index (χ2v) is 5.15. The fourth-order valence-electron chi connectivity index (χ4n) is 1.75. The van der Waals surface area contributed by atoms with Crippen LogP contribution in [0, 0.1) is 0 Å². The maximum atomic E-state index is 5.39. The predicted octanol–water partition coefficient (Wildman–Crippen LogP) is 2.06. The van der Waals surface area contributed by atoms with Gasteiger partial charge in [0.05, 0.1) is 6.61 Å². The van der Waals surface area contributed by atoms with Crippen molar-refractivity contribution in [2.75, 3.05) is 19.8 Å². The summed E-state index contributed by atoms with van der Waals surface area (Å²) in [6.45, 7) is 5.06. The third kappa shape index (κ3) is 2.56. The minimum atomic E-state index is 0.220. The molecule has 1 saturated heterocycles. The minimum Gasteiger partial charge on any atom is -0.379 e. The van der Waals surface area contributed by atoms with E-state index >= 15 is 0 Å². The number of ether oxygens (including phenoxy) is 1. The van der Waals surface area contributed by atoms with Crippen LogP contribution in [0.3, 0.4) is 0 Å². The Morgan fingerprint density at radius 1 is 1.64 bits per heavy atom. The molecule has 1 unspecified atom stereocenters. The molecule has 1 aliphatic rings. The number of rotatable bonds is 4. The van der Waals surface area contributed by atoms with Gasteiger partial charge in [-0.05, 0) is 31.2 Å². The standard InChI is InChI=1S/C11H17NOS/c1-11(5-7-13-9-11)12-6-4-10-3-2-8-14-10/h2-3,8,12H,4-7,9H2,1H3. The second kappa shape index (κ2) is 4.43. The Hall–Kier alpha value is -0.380. The quantitative estimate of drug-likeness (QED) is 0.823. The molecule has 3 heteroatoms. The highest BCUT2D eigenvalue weighted by Gasteiger charge is 2.28. The highest BCUT2D eigenvalue weighted by Crippen LogP contribution is 2.17. The van der Waals surface area contributed by atoms with E-state index < -0.39 is 0 Å². The molecule has 0 aromatic carbocycles. The molecule has 1 aromatic rings. The van der Waals surface area contributed by atoms with Crippen LogP contribution in [-0.4, -0.2) is 25.3 Å². The van der Waals surface area contributed by atoms with Gasteiger partial charge in [0, 0.05) is 23.6 Å². The first-order valence-electron chi connectivity index (χ1n) is 5.14. The van der Waals surface area contributed by atoms with Crippen molar-refractivity contribution < 1.29 is 4.74 Å². The molecule has 1 atom stereocenters. The molecule has 1 fully saturated rings. The third-order valence-electron chi connectivity index (χ3n) is 2.72. The Balaban J connectivity index is 1.72. The van der Waals surface area contributed by atoms with Gasteiger partial charge in [0.15, 0.2) is 0 Å². The average molecular weight is 211 g/mol. The van der Waals surface area contributed by atoms with Gasteiger partial charge in [-0.2, -0.15) is 0 Å². The third-order valence-corrected chi connectivity index (χ3v) is 3.66. The van der Waals surface area contributed by atoms with E-state index in [9.17, 15) is 0 Å². The molecule has 0 saturated carbocycles. The van der Waals surface area contributed by atoms with E-state index in [4.69, 9.17) is 4.74 Å². The average Bonchev–Trinajstić information content (AvgIpc) is 2.77. The van der Waals surface area contributed by atoms with Crippen molar-refractivity contribution in [2.45, 2.75) is 25.3 Å². The summed E-state index contributed by atoms with van der Waals surface area (Å²) < 4.78 is 5.39. The molecule has 14 heavy (non-hydrogen) atoms. The molecular formula is C11H17NOS. The van der Waals surface area contributed by atoms with E-state index in [0.717, 1.165) is 32.6 Å². The number of thiophene rings is 1. The van der Waals surface area contributed by atoms with Crippen molar-refractivity contribution in [3.8, 4) is 0 Å². The van der Waals surface area contributed by atoms with E-state index in [1.807, 2.05) is 11.3 Å². The Morgan fingerprint density at radius 3 is 3.21 bits per heavy atom. The number of hydrogen-bond acceptors (Lipinski definition) is 3. The number of hydrogen-bond donors (Lipinski definition) is 1. The molecular weight excluding hydrogens is 194 g/mol. The molecule has 2 heterocycles. The minimum absolute atomic E-state index is 0.220. The van der Waals surface area contributed by atoms with Gasteiger partial charge >= 0.3 is 0 Å². The monoisotopic (exact) mass is 211 g/mol. The zero-order valence-electron chi connectivity index (χ0n) is 8.58. The van der Waals surface area contributed by atoms with Crippen LogP contribution in [0.2, 0.25) is 0 Å². The van der Waals surface area contributed by atoms with Crippen molar-refractivity contribution in [2.24, 2.45) is 0 Å². The van der Waals surface area contributed by atoms with E-state index in [1.54, 1.807) is 0 Å². The summed E-state index contributed by atoms with van der Waals surface area (Å²) in [5, 5.41) is 5.71. The maximum Gasteiger partial charge on any atom is 0.0646 e. The van der Waals surface area contributed by atoms with Crippen LogP contribution in [0.1, 0.15) is 18.2 Å². The van der Waals surface area contributed by atoms with Gasteiger partial charge < -0.3 is 10.1 Å². The lowest BCUT2D eigenvalue weighted by molar-refractivity contribution is 0.172. The van der Waals surface area contributed by atoms with Crippen LogP contribution < -0.4 is 5.32 Å². The molecule has 2 nitrogen and oxygen atoms in total. The summed E-state index contributed by atoms with van der Waals surface area (Å²) in [5.74, 6) is 0. The van der Waals surface area contributed by atoms with Crippen LogP contribution >= 0.6 is 11.3 Å². The fourth-order valence-corrected chi connectivity index (χ4v) is 2.46. The van der Waals surface area contributed by atoms with E-state index in [-0.39, 0.29) is 5.54 Å². The van der Waals surface area contributed by atoms with Crippen LogP contribution in [-0.2, 0) is 11.2 Å². The first-order valence-corrected chi connectivity index (χ1v) is 6.02. The van der Waals surface area contributed by atoms with E-state index in [1.165, 1.54) is 4.88 Å². The van der Waals surface area contributed by atoms with Gasteiger partial charge in [0.25, 0.3) is 0 Å². The Bertz CT molecular complexity index is 265. The normalized spacial score (nSPS) is 26.9. The second-order valence-electron chi connectivity index (χ2n) is 4.12. The van der Waals surface area contributed by atoms with Gasteiger partial charge in [0.1, 0.15) is 0 Å². The largest absolute Gasteiger partial charge is 0.379 e. The summed E-state index contributed by atoms with van der Waals surface area (Å²) in [5.41, 5.74) is 0.220. The van der Waals surface area contributed by atoms with Crippen molar-refractivity contribution in [1.82, 2.24) is 5.32 Å². The molecule has 0 amide bonds. The zero-order valence-corrected chi connectivity index (χ0v) is 9.40. The van der Waals surface area contributed by atoms with E-state index in [2.05, 4.69) is 29.8 Å². The highest BCUT2D eigenvalue weighted by atomic mass is 32.1. The van der Waals surface area contributed by atoms with Gasteiger partial charge in [-0.3, -0.25) is 0 Å². The van der Waals surface area contributed by atoms with Crippen molar-refractivity contribution >= 4 is 11.3 Å². The molecule has 0 aliphatic carbocycles. The van der Waals surface area contributed by atoms with Crippen LogP contribution in [0.4, 0.5) is 0 Å². The van der Waals surface area contributed by atoms with Crippen LogP contribution in [0.15, 0.2) is 17.5 Å². The van der Waals surface area contributed by atoms with E-state index in [0.29, 0.717) is 0 Å².